The average Bonchev–Trinajstić information content (AvgIpc) is 2.48. The summed E-state index contributed by atoms with van der Waals surface area (Å²) in [6, 6.07) is 3.99. The van der Waals surface area contributed by atoms with Gasteiger partial charge in [-0.05, 0) is 64.8 Å². The van der Waals surface area contributed by atoms with E-state index in [2.05, 4.69) is 46.4 Å². The maximum absolute atomic E-state index is 4.15. The number of hydrogen-bond donors (Lipinski definition) is 1. The zero-order chi connectivity index (χ0) is 15.1. The van der Waals surface area contributed by atoms with Crippen LogP contribution in [0, 0.1) is 30.6 Å². The Morgan fingerprint density at radius 2 is 1.95 bits per heavy atom. The van der Waals surface area contributed by atoms with Crippen molar-refractivity contribution in [3.05, 3.63) is 17.8 Å². The van der Waals surface area contributed by atoms with Gasteiger partial charge >= 0.3 is 0 Å². The number of aryl methyl sites for hydroxylation is 1. The van der Waals surface area contributed by atoms with Gasteiger partial charge in [-0.15, -0.1) is 5.10 Å². The number of nitrogens with zero attached hydrogens (tertiary/aromatic N) is 3. The fraction of sp³-hybridized carbons (Fsp3) is 0.647. The summed E-state index contributed by atoms with van der Waals surface area (Å²) in [6.45, 7) is 3.82. The molecule has 1 aromatic rings. The SMILES string of the molecule is Cc1ccc(NCC2CCC(C#CCN(C)C)CC2)nn1. The van der Waals surface area contributed by atoms with Crippen LogP contribution >= 0.6 is 0 Å². The Balaban J connectivity index is 1.69. The van der Waals surface area contributed by atoms with Crippen molar-refractivity contribution in [2.24, 2.45) is 11.8 Å². The van der Waals surface area contributed by atoms with E-state index in [4.69, 9.17) is 0 Å². The summed E-state index contributed by atoms with van der Waals surface area (Å²) in [4.78, 5) is 2.12. The predicted octanol–water partition coefficient (Wildman–Crippen LogP) is 2.57. The van der Waals surface area contributed by atoms with E-state index in [1.54, 1.807) is 0 Å². The summed E-state index contributed by atoms with van der Waals surface area (Å²) in [7, 11) is 4.12. The highest BCUT2D eigenvalue weighted by Crippen LogP contribution is 2.28. The molecule has 1 aliphatic carbocycles. The second-order valence-electron chi connectivity index (χ2n) is 6.22. The van der Waals surface area contributed by atoms with Crippen molar-refractivity contribution in [1.82, 2.24) is 15.1 Å². The Morgan fingerprint density at radius 1 is 1.19 bits per heavy atom. The van der Waals surface area contributed by atoms with Gasteiger partial charge in [-0.2, -0.15) is 5.10 Å². The Hall–Kier alpha value is -1.60. The van der Waals surface area contributed by atoms with Gasteiger partial charge in [0.05, 0.1) is 12.2 Å². The van der Waals surface area contributed by atoms with Gasteiger partial charge in [0.1, 0.15) is 5.82 Å². The molecule has 21 heavy (non-hydrogen) atoms. The second kappa shape index (κ2) is 7.99. The van der Waals surface area contributed by atoms with Gasteiger partial charge < -0.3 is 5.32 Å². The Kier molecular flexibility index (Phi) is 6.01. The molecule has 1 aromatic heterocycles. The van der Waals surface area contributed by atoms with Gasteiger partial charge in [0.25, 0.3) is 0 Å². The summed E-state index contributed by atoms with van der Waals surface area (Å²) in [5.41, 5.74) is 0.956. The van der Waals surface area contributed by atoms with Crippen LogP contribution in [0.3, 0.4) is 0 Å². The molecule has 1 fully saturated rings. The zero-order valence-electron chi connectivity index (χ0n) is 13.4. The molecule has 0 unspecified atom stereocenters. The zero-order valence-corrected chi connectivity index (χ0v) is 13.4. The lowest BCUT2D eigenvalue weighted by atomic mass is 9.82. The lowest BCUT2D eigenvalue weighted by Crippen LogP contribution is -2.21. The van der Waals surface area contributed by atoms with Crippen molar-refractivity contribution in [3.63, 3.8) is 0 Å². The van der Waals surface area contributed by atoms with E-state index in [1.807, 2.05) is 19.1 Å². The predicted molar refractivity (Wildman–Crippen MR) is 87.0 cm³/mol. The van der Waals surface area contributed by atoms with Gasteiger partial charge in [0.15, 0.2) is 0 Å². The van der Waals surface area contributed by atoms with Crippen LogP contribution in [0.5, 0.6) is 0 Å². The van der Waals surface area contributed by atoms with Crippen molar-refractivity contribution >= 4 is 5.82 Å². The van der Waals surface area contributed by atoms with Crippen LogP contribution in [-0.4, -0.2) is 42.3 Å². The molecule has 0 aliphatic heterocycles. The molecule has 0 atom stereocenters. The van der Waals surface area contributed by atoms with E-state index in [0.717, 1.165) is 30.5 Å². The summed E-state index contributed by atoms with van der Waals surface area (Å²) >= 11 is 0. The van der Waals surface area contributed by atoms with Crippen LogP contribution in [0.1, 0.15) is 31.4 Å². The molecule has 0 aromatic carbocycles. The van der Waals surface area contributed by atoms with Crippen LogP contribution in [0.4, 0.5) is 5.82 Å². The third kappa shape index (κ3) is 5.73. The number of anilines is 1. The molecule has 0 spiro atoms. The molecule has 0 radical (unpaired) electrons. The smallest absolute Gasteiger partial charge is 0.148 e. The molecule has 1 saturated carbocycles. The first-order chi connectivity index (χ1) is 10.1. The lowest BCUT2D eigenvalue weighted by molar-refractivity contribution is 0.328. The van der Waals surface area contributed by atoms with E-state index in [9.17, 15) is 0 Å². The van der Waals surface area contributed by atoms with E-state index in [-0.39, 0.29) is 0 Å². The molecular weight excluding hydrogens is 260 g/mol. The van der Waals surface area contributed by atoms with Crippen LogP contribution < -0.4 is 5.32 Å². The van der Waals surface area contributed by atoms with Gasteiger partial charge in [-0.3, -0.25) is 4.90 Å². The van der Waals surface area contributed by atoms with E-state index < -0.39 is 0 Å². The minimum atomic E-state index is 0.598. The maximum atomic E-state index is 4.15. The second-order valence-corrected chi connectivity index (χ2v) is 6.22. The third-order valence-electron chi connectivity index (χ3n) is 3.92. The first kappa shape index (κ1) is 15.8. The number of nitrogens with one attached hydrogen (secondary N) is 1. The van der Waals surface area contributed by atoms with Gasteiger partial charge in [0.2, 0.25) is 0 Å². The molecule has 2 rings (SSSR count). The molecular formula is C17H26N4. The summed E-state index contributed by atoms with van der Waals surface area (Å²) in [5.74, 6) is 8.91. The summed E-state index contributed by atoms with van der Waals surface area (Å²) in [5, 5.41) is 11.6. The summed E-state index contributed by atoms with van der Waals surface area (Å²) in [6.07, 6.45) is 4.97. The van der Waals surface area contributed by atoms with Gasteiger partial charge in [-0.1, -0.05) is 11.8 Å². The summed E-state index contributed by atoms with van der Waals surface area (Å²) < 4.78 is 0. The fourth-order valence-electron chi connectivity index (χ4n) is 2.60. The monoisotopic (exact) mass is 286 g/mol. The van der Waals surface area contributed by atoms with Crippen molar-refractivity contribution in [2.75, 3.05) is 32.5 Å². The fourth-order valence-corrected chi connectivity index (χ4v) is 2.60. The number of rotatable bonds is 4. The molecule has 1 aliphatic rings. The first-order valence-electron chi connectivity index (χ1n) is 7.81. The Bertz CT molecular complexity index is 476. The van der Waals surface area contributed by atoms with Crippen molar-refractivity contribution in [2.45, 2.75) is 32.6 Å². The Morgan fingerprint density at radius 3 is 2.57 bits per heavy atom. The van der Waals surface area contributed by atoms with Crippen molar-refractivity contribution < 1.29 is 0 Å². The van der Waals surface area contributed by atoms with Crippen molar-refractivity contribution in [1.29, 1.82) is 0 Å². The first-order valence-corrected chi connectivity index (χ1v) is 7.81. The lowest BCUT2D eigenvalue weighted by Gasteiger charge is -2.25. The highest BCUT2D eigenvalue weighted by molar-refractivity contribution is 5.32. The number of aromatic nitrogens is 2. The minimum Gasteiger partial charge on any atom is -0.368 e. The standard InChI is InChI=1S/C17H26N4/c1-14-6-11-17(20-19-14)18-13-16-9-7-15(8-10-16)5-4-12-21(2)3/h6,11,15-16H,7-10,12-13H2,1-3H3,(H,18,20). The van der Waals surface area contributed by atoms with Gasteiger partial charge in [-0.25, -0.2) is 0 Å². The molecule has 114 valence electrons. The van der Waals surface area contributed by atoms with Gasteiger partial charge in [0, 0.05) is 12.5 Å². The van der Waals surface area contributed by atoms with E-state index in [1.165, 1.54) is 25.7 Å². The van der Waals surface area contributed by atoms with E-state index >= 15 is 0 Å². The highest BCUT2D eigenvalue weighted by atomic mass is 15.2. The molecule has 0 saturated heterocycles. The third-order valence-corrected chi connectivity index (χ3v) is 3.92. The topological polar surface area (TPSA) is 41.0 Å². The molecule has 0 bridgehead atoms. The van der Waals surface area contributed by atoms with Crippen LogP contribution in [0.15, 0.2) is 12.1 Å². The normalized spacial score (nSPS) is 21.7. The van der Waals surface area contributed by atoms with Crippen molar-refractivity contribution in [3.8, 4) is 11.8 Å². The van der Waals surface area contributed by atoms with Crippen LogP contribution in [0.2, 0.25) is 0 Å². The molecule has 4 heteroatoms. The van der Waals surface area contributed by atoms with Crippen LogP contribution in [-0.2, 0) is 0 Å². The molecule has 1 heterocycles. The van der Waals surface area contributed by atoms with Crippen LogP contribution in [0.25, 0.3) is 0 Å². The quantitative estimate of drug-likeness (QED) is 0.864. The number of hydrogen-bond acceptors (Lipinski definition) is 4. The Labute approximate surface area is 128 Å². The average molecular weight is 286 g/mol. The molecule has 1 N–H and O–H groups in total. The maximum Gasteiger partial charge on any atom is 0.148 e. The minimum absolute atomic E-state index is 0.598. The molecule has 0 amide bonds. The molecule has 4 nitrogen and oxygen atoms in total. The van der Waals surface area contributed by atoms with E-state index in [0.29, 0.717) is 5.92 Å². The highest BCUT2D eigenvalue weighted by Gasteiger charge is 2.19. The largest absolute Gasteiger partial charge is 0.368 e.